The first-order valence-electron chi connectivity index (χ1n) is 22.3. The third kappa shape index (κ3) is 11.6. The first kappa shape index (κ1) is 47.0. The molecule has 310 valence electrons. The highest BCUT2D eigenvalue weighted by Gasteiger charge is 2.42. The van der Waals surface area contributed by atoms with E-state index >= 15 is 0 Å². The first-order chi connectivity index (χ1) is 29.6. The second-order valence-electron chi connectivity index (χ2n) is 18.1. The first-order valence-corrected chi connectivity index (χ1v) is 26.7. The molecule has 0 saturated heterocycles. The molecule has 5 rings (SSSR count). The largest absolute Gasteiger partial charge is 0.146 e. The lowest BCUT2D eigenvalue weighted by Crippen LogP contribution is -2.43. The van der Waals surface area contributed by atoms with Crippen molar-refractivity contribution in [2.24, 2.45) is 0 Å². The zero-order valence-corrected chi connectivity index (χ0v) is 41.0. The van der Waals surface area contributed by atoms with Crippen LogP contribution in [0.4, 0.5) is 0 Å². The molecule has 62 heavy (non-hydrogen) atoms. The summed E-state index contributed by atoms with van der Waals surface area (Å²) in [6.07, 6.45) is 0. The van der Waals surface area contributed by atoms with Crippen LogP contribution in [0.5, 0.6) is 0 Å². The highest BCUT2D eigenvalue weighted by atomic mass is 28.3. The van der Waals surface area contributed by atoms with Gasteiger partial charge in [-0.25, -0.2) is 0 Å². The van der Waals surface area contributed by atoms with Crippen LogP contribution in [0.15, 0.2) is 121 Å². The Morgan fingerprint density at radius 1 is 0.242 bits per heavy atom. The molecular weight excluding hydrogens is 777 g/mol. The zero-order chi connectivity index (χ0) is 44.9. The van der Waals surface area contributed by atoms with Crippen LogP contribution >= 0.6 is 0 Å². The van der Waals surface area contributed by atoms with Crippen LogP contribution < -0.4 is 0 Å². The smallest absolute Gasteiger partial charge is 0.125 e. The van der Waals surface area contributed by atoms with Crippen molar-refractivity contribution in [1.82, 2.24) is 0 Å². The van der Waals surface area contributed by atoms with Gasteiger partial charge in [-0.15, -0.1) is 11.1 Å². The van der Waals surface area contributed by atoms with Crippen LogP contribution in [0.2, 0.25) is 33.2 Å². The zero-order valence-electron chi connectivity index (χ0n) is 39.0. The monoisotopic (exact) mass is 838 g/mol. The van der Waals surface area contributed by atoms with Gasteiger partial charge >= 0.3 is 0 Å². The van der Waals surface area contributed by atoms with E-state index in [9.17, 15) is 0 Å². The molecular formula is C60H62Si2. The van der Waals surface area contributed by atoms with Crippen molar-refractivity contribution in [2.75, 3.05) is 0 Å². The fraction of sp³-hybridized carbons (Fsp3) is 0.300. The molecule has 0 nitrogen and oxygen atoms in total. The predicted molar refractivity (Wildman–Crippen MR) is 272 cm³/mol. The van der Waals surface area contributed by atoms with Gasteiger partial charge in [-0.3, -0.25) is 0 Å². The van der Waals surface area contributed by atoms with Gasteiger partial charge in [-0.1, -0.05) is 167 Å². The molecule has 0 heterocycles. The van der Waals surface area contributed by atoms with Gasteiger partial charge < -0.3 is 0 Å². The summed E-state index contributed by atoms with van der Waals surface area (Å²) >= 11 is 0. The lowest BCUT2D eigenvalue weighted by molar-refractivity contribution is 0.838. The second kappa shape index (κ2) is 21.6. The maximum atomic E-state index is 3.83. The molecule has 5 aromatic carbocycles. The highest BCUT2D eigenvalue weighted by Crippen LogP contribution is 2.42. The van der Waals surface area contributed by atoms with Gasteiger partial charge in [0.25, 0.3) is 0 Å². The average Bonchev–Trinajstić information content (AvgIpc) is 3.25. The van der Waals surface area contributed by atoms with E-state index in [0.29, 0.717) is 33.2 Å². The lowest BCUT2D eigenvalue weighted by Gasteiger charge is -2.38. The summed E-state index contributed by atoms with van der Waals surface area (Å²) in [5, 5.41) is 0. The van der Waals surface area contributed by atoms with Crippen LogP contribution in [-0.4, -0.2) is 16.1 Å². The lowest BCUT2D eigenvalue weighted by atomic mass is 10.0. The van der Waals surface area contributed by atoms with Crippen LogP contribution in [0.3, 0.4) is 0 Å². The van der Waals surface area contributed by atoms with E-state index in [1.807, 2.05) is 72.8 Å². The number of rotatable bonds is 6. The van der Waals surface area contributed by atoms with Crippen LogP contribution in [0, 0.1) is 70.3 Å². The minimum atomic E-state index is -1.79. The minimum Gasteiger partial charge on any atom is -0.125 e. The fourth-order valence-corrected chi connectivity index (χ4v) is 19.6. The predicted octanol–water partition coefficient (Wildman–Crippen LogP) is 14.4. The molecule has 0 N–H and O–H groups in total. The number of benzene rings is 5. The van der Waals surface area contributed by atoms with Crippen molar-refractivity contribution >= 4 is 16.1 Å². The Morgan fingerprint density at radius 2 is 0.419 bits per heavy atom. The molecule has 0 spiro atoms. The van der Waals surface area contributed by atoms with Gasteiger partial charge in [0, 0.05) is 55.6 Å². The van der Waals surface area contributed by atoms with E-state index in [0.717, 1.165) is 55.6 Å². The third-order valence-corrected chi connectivity index (χ3v) is 25.0. The molecule has 0 aliphatic rings. The summed E-state index contributed by atoms with van der Waals surface area (Å²) in [5.41, 5.74) is 20.7. The quantitative estimate of drug-likeness (QED) is 0.118. The third-order valence-electron chi connectivity index (χ3n) is 12.5. The molecule has 0 bridgehead atoms. The molecule has 0 aliphatic heterocycles. The van der Waals surface area contributed by atoms with Crippen LogP contribution in [0.25, 0.3) is 0 Å². The van der Waals surface area contributed by atoms with Crippen LogP contribution in [0.1, 0.15) is 139 Å². The molecule has 0 aliphatic carbocycles. The van der Waals surface area contributed by atoms with Gasteiger partial charge in [0.1, 0.15) is 16.1 Å². The van der Waals surface area contributed by atoms with Crippen molar-refractivity contribution in [2.45, 2.75) is 116 Å². The molecule has 0 atom stereocenters. The highest BCUT2D eigenvalue weighted by molar-refractivity contribution is 6.91. The summed E-state index contributed by atoms with van der Waals surface area (Å²) in [4.78, 5) is 0. The molecule has 2 heteroatoms. The molecule has 0 saturated carbocycles. The maximum Gasteiger partial charge on any atom is 0.146 e. The Kier molecular flexibility index (Phi) is 16.4. The Labute approximate surface area is 377 Å². The summed E-state index contributed by atoms with van der Waals surface area (Å²) in [6, 6.07) is 40.8. The van der Waals surface area contributed by atoms with E-state index in [2.05, 4.69) is 202 Å². The van der Waals surface area contributed by atoms with Gasteiger partial charge in [0.2, 0.25) is 0 Å². The van der Waals surface area contributed by atoms with E-state index in [1.165, 1.54) is 0 Å². The van der Waals surface area contributed by atoms with Crippen molar-refractivity contribution < 1.29 is 0 Å². The summed E-state index contributed by atoms with van der Waals surface area (Å²) in [5.74, 6) is 33.9. The maximum absolute atomic E-state index is 3.83. The summed E-state index contributed by atoms with van der Waals surface area (Å²) in [7, 11) is -3.56. The Bertz CT molecular complexity index is 2660. The molecule has 0 unspecified atom stereocenters. The van der Waals surface area contributed by atoms with Crippen LogP contribution in [-0.2, 0) is 0 Å². The standard InChI is InChI=1S/C60H62Si2/c1-45(2)61(46(3)4,47(5)6)43-41-55-31-27-52(28-32-55)22-21-51-23-25-53(26-24-51)35-37-57-17-13-15-19-59(57)39-40-60-20-16-14-18-58(60)38-36-54-29-33-56(34-30-54)42-44-62(48(7)8,49(9)10)50(11)12/h13-20,23-34,45-50H,1-12H3. The fourth-order valence-electron chi connectivity index (χ4n) is 9.10. The SMILES string of the molecule is CC(C)[Si](C#Cc1ccc(C#Cc2ccc(C#Cc3ccccc3C#Cc3ccccc3C#Cc3ccc(C#C[Si](C(C)C)(C(C)C)C(C)C)cc3)cc2)cc1)(C(C)C)C(C)C. The number of hydrogen-bond donors (Lipinski definition) is 0. The van der Waals surface area contributed by atoms with Crippen molar-refractivity contribution in [1.29, 1.82) is 0 Å². The van der Waals surface area contributed by atoms with Gasteiger partial charge in [-0.05, 0) is 130 Å². The topological polar surface area (TPSA) is 0 Å². The summed E-state index contributed by atoms with van der Waals surface area (Å²) < 4.78 is 0. The summed E-state index contributed by atoms with van der Waals surface area (Å²) in [6.45, 7) is 28.2. The molecule has 0 radical (unpaired) electrons. The van der Waals surface area contributed by atoms with E-state index < -0.39 is 16.1 Å². The van der Waals surface area contributed by atoms with E-state index in [1.54, 1.807) is 0 Å². The van der Waals surface area contributed by atoms with Crippen molar-refractivity contribution in [3.8, 4) is 70.3 Å². The average molecular weight is 839 g/mol. The van der Waals surface area contributed by atoms with Gasteiger partial charge in [0.15, 0.2) is 0 Å². The molecule has 5 aromatic rings. The Balaban J connectivity index is 1.27. The minimum absolute atomic E-state index is 0.605. The van der Waals surface area contributed by atoms with E-state index in [-0.39, 0.29) is 0 Å². The normalized spacial score (nSPS) is 11.0. The molecule has 0 fully saturated rings. The van der Waals surface area contributed by atoms with Crippen molar-refractivity contribution in [3.63, 3.8) is 0 Å². The Morgan fingerprint density at radius 3 is 0.629 bits per heavy atom. The number of hydrogen-bond acceptors (Lipinski definition) is 0. The van der Waals surface area contributed by atoms with Gasteiger partial charge in [-0.2, -0.15) is 0 Å². The van der Waals surface area contributed by atoms with Gasteiger partial charge in [0.05, 0.1) is 0 Å². The Hall–Kier alpha value is -6.11. The molecule has 0 amide bonds. The molecule has 0 aromatic heterocycles. The second-order valence-corrected chi connectivity index (χ2v) is 29.3. The van der Waals surface area contributed by atoms with E-state index in [4.69, 9.17) is 0 Å². The van der Waals surface area contributed by atoms with Crippen molar-refractivity contribution in [3.05, 3.63) is 177 Å².